The summed E-state index contributed by atoms with van der Waals surface area (Å²) in [4.78, 5) is 4.03. The second-order valence-electron chi connectivity index (χ2n) is 2.58. The first kappa shape index (κ1) is 10.3. The predicted octanol–water partition coefficient (Wildman–Crippen LogP) is 0.109. The Balaban J connectivity index is 2.41. The number of hydrogen-bond donors (Lipinski definition) is 3. The molecule has 0 saturated carbocycles. The van der Waals surface area contributed by atoms with Crippen molar-refractivity contribution in [2.75, 3.05) is 18.1 Å². The van der Waals surface area contributed by atoms with Gasteiger partial charge in [0.15, 0.2) is 0 Å². The number of aromatic nitrogens is 1. The minimum absolute atomic E-state index is 0.220. The number of rotatable bonds is 4. The van der Waals surface area contributed by atoms with Crippen LogP contribution in [0.3, 0.4) is 0 Å². The van der Waals surface area contributed by atoms with Crippen molar-refractivity contribution in [2.24, 2.45) is 0 Å². The number of aliphatic hydroxyl groups excluding tert-OH is 2. The summed E-state index contributed by atoms with van der Waals surface area (Å²) in [7, 11) is 0. The minimum atomic E-state index is -0.690. The van der Waals surface area contributed by atoms with E-state index < -0.39 is 6.10 Å². The molecule has 1 heterocycles. The van der Waals surface area contributed by atoms with Crippen LogP contribution in [-0.2, 0) is 0 Å². The Kier molecular flexibility index (Phi) is 4.01. The number of hydrogen-bond acceptors (Lipinski definition) is 5. The van der Waals surface area contributed by atoms with Crippen LogP contribution in [-0.4, -0.2) is 33.7 Å². The molecule has 0 amide bonds. The van der Waals surface area contributed by atoms with E-state index in [1.54, 1.807) is 18.3 Å². The quantitative estimate of drug-likeness (QED) is 0.601. The van der Waals surface area contributed by atoms with Crippen LogP contribution < -0.4 is 5.73 Å². The second-order valence-corrected chi connectivity index (χ2v) is 3.62. The van der Waals surface area contributed by atoms with E-state index in [2.05, 4.69) is 4.98 Å². The van der Waals surface area contributed by atoms with Gasteiger partial charge >= 0.3 is 0 Å². The summed E-state index contributed by atoms with van der Waals surface area (Å²) >= 11 is 1.39. The molecule has 5 heteroatoms. The van der Waals surface area contributed by atoms with Gasteiger partial charge in [-0.25, -0.2) is 4.98 Å². The molecule has 1 atom stereocenters. The summed E-state index contributed by atoms with van der Waals surface area (Å²) in [6.45, 7) is -0.220. The van der Waals surface area contributed by atoms with Crippen molar-refractivity contribution in [1.82, 2.24) is 4.98 Å². The van der Waals surface area contributed by atoms with E-state index >= 15 is 0 Å². The van der Waals surface area contributed by atoms with Crippen LogP contribution in [0.25, 0.3) is 0 Å². The van der Waals surface area contributed by atoms with Gasteiger partial charge in [0.25, 0.3) is 0 Å². The van der Waals surface area contributed by atoms with E-state index in [9.17, 15) is 0 Å². The first-order valence-electron chi connectivity index (χ1n) is 3.85. The molecule has 0 bridgehead atoms. The lowest BCUT2D eigenvalue weighted by molar-refractivity contribution is 0.113. The summed E-state index contributed by atoms with van der Waals surface area (Å²) in [5.41, 5.74) is 6.07. The van der Waals surface area contributed by atoms with Crippen molar-refractivity contribution >= 4 is 17.4 Å². The third-order valence-electron chi connectivity index (χ3n) is 1.39. The SMILES string of the molecule is Nc1ccc(SCC(O)CO)nc1. The van der Waals surface area contributed by atoms with E-state index in [1.807, 2.05) is 0 Å². The number of aliphatic hydroxyl groups is 2. The Hall–Kier alpha value is -0.780. The molecule has 0 aliphatic heterocycles. The van der Waals surface area contributed by atoms with Crippen LogP contribution in [0.1, 0.15) is 0 Å². The molecule has 1 rings (SSSR count). The fraction of sp³-hybridized carbons (Fsp3) is 0.375. The molecule has 4 N–H and O–H groups in total. The Bertz CT molecular complexity index is 253. The fourth-order valence-electron chi connectivity index (χ4n) is 0.711. The van der Waals surface area contributed by atoms with Crippen LogP contribution in [0, 0.1) is 0 Å². The van der Waals surface area contributed by atoms with Crippen LogP contribution in [0.5, 0.6) is 0 Å². The highest BCUT2D eigenvalue weighted by atomic mass is 32.2. The normalized spacial score (nSPS) is 12.8. The zero-order chi connectivity index (χ0) is 9.68. The third-order valence-corrected chi connectivity index (χ3v) is 2.48. The molecule has 0 spiro atoms. The van der Waals surface area contributed by atoms with Gasteiger partial charge in [-0.2, -0.15) is 0 Å². The Morgan fingerprint density at radius 1 is 1.54 bits per heavy atom. The Labute approximate surface area is 80.8 Å². The Morgan fingerprint density at radius 2 is 2.31 bits per heavy atom. The number of nitrogens with zero attached hydrogens (tertiary/aromatic N) is 1. The average molecular weight is 200 g/mol. The number of thioether (sulfide) groups is 1. The number of nitrogen functional groups attached to an aromatic ring is 1. The van der Waals surface area contributed by atoms with Crippen molar-refractivity contribution in [3.63, 3.8) is 0 Å². The molecule has 0 fully saturated rings. The molecule has 72 valence electrons. The molecule has 1 aromatic heterocycles. The van der Waals surface area contributed by atoms with E-state index in [4.69, 9.17) is 15.9 Å². The highest BCUT2D eigenvalue weighted by molar-refractivity contribution is 7.99. The molecule has 0 aliphatic carbocycles. The maximum atomic E-state index is 9.05. The summed E-state index contributed by atoms with van der Waals surface area (Å²) in [5, 5.41) is 18.4. The van der Waals surface area contributed by atoms with Gasteiger partial charge in [0.05, 0.1) is 29.6 Å². The van der Waals surface area contributed by atoms with Gasteiger partial charge in [-0.1, -0.05) is 0 Å². The lowest BCUT2D eigenvalue weighted by atomic mass is 10.4. The largest absolute Gasteiger partial charge is 0.397 e. The lowest BCUT2D eigenvalue weighted by Crippen LogP contribution is -2.14. The summed E-state index contributed by atoms with van der Waals surface area (Å²) < 4.78 is 0. The van der Waals surface area contributed by atoms with E-state index in [1.165, 1.54) is 11.8 Å². The van der Waals surface area contributed by atoms with Crippen LogP contribution in [0.2, 0.25) is 0 Å². The maximum Gasteiger partial charge on any atom is 0.0962 e. The van der Waals surface area contributed by atoms with Gasteiger partial charge in [-0.05, 0) is 12.1 Å². The highest BCUT2D eigenvalue weighted by Crippen LogP contribution is 2.16. The molecule has 1 unspecified atom stereocenters. The number of nitrogens with two attached hydrogens (primary N) is 1. The van der Waals surface area contributed by atoms with Gasteiger partial charge in [-0.3, -0.25) is 0 Å². The first-order chi connectivity index (χ1) is 6.22. The number of anilines is 1. The molecule has 1 aromatic rings. The van der Waals surface area contributed by atoms with Gasteiger partial charge in [-0.15, -0.1) is 11.8 Å². The smallest absolute Gasteiger partial charge is 0.0962 e. The van der Waals surface area contributed by atoms with E-state index in [0.717, 1.165) is 5.03 Å². The molecular formula is C8H12N2O2S. The van der Waals surface area contributed by atoms with Crippen molar-refractivity contribution in [3.05, 3.63) is 18.3 Å². The molecular weight excluding hydrogens is 188 g/mol. The van der Waals surface area contributed by atoms with Crippen molar-refractivity contribution < 1.29 is 10.2 Å². The zero-order valence-electron chi connectivity index (χ0n) is 7.05. The monoisotopic (exact) mass is 200 g/mol. The van der Waals surface area contributed by atoms with Gasteiger partial charge in [0.1, 0.15) is 0 Å². The molecule has 0 aromatic carbocycles. The van der Waals surface area contributed by atoms with E-state index in [-0.39, 0.29) is 6.61 Å². The summed E-state index contributed by atoms with van der Waals surface area (Å²) in [6, 6.07) is 3.53. The third kappa shape index (κ3) is 3.63. The van der Waals surface area contributed by atoms with Crippen molar-refractivity contribution in [1.29, 1.82) is 0 Å². The van der Waals surface area contributed by atoms with Gasteiger partial charge < -0.3 is 15.9 Å². The van der Waals surface area contributed by atoms with Crippen molar-refractivity contribution in [2.45, 2.75) is 11.1 Å². The predicted molar refractivity (Wildman–Crippen MR) is 52.5 cm³/mol. The van der Waals surface area contributed by atoms with Crippen LogP contribution >= 0.6 is 11.8 Å². The minimum Gasteiger partial charge on any atom is -0.397 e. The van der Waals surface area contributed by atoms with Crippen molar-refractivity contribution in [3.8, 4) is 0 Å². The first-order valence-corrected chi connectivity index (χ1v) is 4.84. The molecule has 4 nitrogen and oxygen atoms in total. The fourth-order valence-corrected chi connectivity index (χ4v) is 1.47. The van der Waals surface area contributed by atoms with E-state index in [0.29, 0.717) is 11.4 Å². The number of pyridine rings is 1. The van der Waals surface area contributed by atoms with Crippen LogP contribution in [0.15, 0.2) is 23.4 Å². The maximum absolute atomic E-state index is 9.05. The molecule has 0 saturated heterocycles. The highest BCUT2D eigenvalue weighted by Gasteiger charge is 2.03. The molecule has 0 aliphatic rings. The Morgan fingerprint density at radius 3 is 2.85 bits per heavy atom. The second kappa shape index (κ2) is 5.06. The summed E-state index contributed by atoms with van der Waals surface area (Å²) in [5.74, 6) is 0.438. The summed E-state index contributed by atoms with van der Waals surface area (Å²) in [6.07, 6.45) is 0.873. The lowest BCUT2D eigenvalue weighted by Gasteiger charge is -2.05. The molecule has 13 heavy (non-hydrogen) atoms. The topological polar surface area (TPSA) is 79.4 Å². The standard InChI is InChI=1S/C8H12N2O2S/c9-6-1-2-8(10-3-6)13-5-7(12)4-11/h1-3,7,11-12H,4-5,9H2. The average Bonchev–Trinajstić information content (AvgIpc) is 2.16. The molecule has 0 radical (unpaired) electrons. The zero-order valence-corrected chi connectivity index (χ0v) is 7.87. The van der Waals surface area contributed by atoms with Gasteiger partial charge in [0.2, 0.25) is 0 Å². The van der Waals surface area contributed by atoms with Gasteiger partial charge in [0, 0.05) is 5.75 Å². The van der Waals surface area contributed by atoms with Crippen LogP contribution in [0.4, 0.5) is 5.69 Å².